The minimum atomic E-state index is -2.80. The highest BCUT2D eigenvalue weighted by Gasteiger charge is 2.55. The molecule has 2 amide bonds. The van der Waals surface area contributed by atoms with Gasteiger partial charge >= 0.3 is 12.6 Å². The lowest BCUT2D eigenvalue weighted by Crippen LogP contribution is -2.52. The number of benzene rings is 1. The van der Waals surface area contributed by atoms with Gasteiger partial charge in [0.15, 0.2) is 0 Å². The molecule has 12 heteroatoms. The number of ether oxygens (including phenoxy) is 2. The van der Waals surface area contributed by atoms with Gasteiger partial charge in [-0.3, -0.25) is 9.78 Å². The van der Waals surface area contributed by atoms with E-state index in [1.54, 1.807) is 17.0 Å². The van der Waals surface area contributed by atoms with Crippen LogP contribution < -0.4 is 10.1 Å². The molecular formula is C29H32ClF2N5O4. The lowest BCUT2D eigenvalue weighted by molar-refractivity contribution is -0.00980. The molecule has 1 unspecified atom stereocenters. The van der Waals surface area contributed by atoms with Crippen molar-refractivity contribution in [3.05, 3.63) is 65.2 Å². The summed E-state index contributed by atoms with van der Waals surface area (Å²) in [6.07, 6.45) is 6.15. The van der Waals surface area contributed by atoms with Crippen molar-refractivity contribution in [1.82, 2.24) is 25.0 Å². The first-order valence-electron chi connectivity index (χ1n) is 13.5. The highest BCUT2D eigenvalue weighted by atomic mass is 35.5. The van der Waals surface area contributed by atoms with Gasteiger partial charge in [-0.05, 0) is 51.3 Å². The summed E-state index contributed by atoms with van der Waals surface area (Å²) in [4.78, 5) is 31.9. The van der Waals surface area contributed by atoms with Gasteiger partial charge in [-0.15, -0.1) is 0 Å². The molecule has 2 aromatic heterocycles. The number of hydrogen-bond donors (Lipinski definition) is 1. The number of halogens is 3. The molecule has 1 saturated carbocycles. The molecule has 1 aliphatic heterocycles. The predicted molar refractivity (Wildman–Crippen MR) is 148 cm³/mol. The first kappa shape index (κ1) is 28.8. The van der Waals surface area contributed by atoms with Crippen molar-refractivity contribution in [3.8, 4) is 16.9 Å². The standard InChI is InChI=1S/C29H32ClF2N5O4/c1-28(2,3)41-27(39)36-11-8-21(13-29(36)9-10-29)40-24-12-23(25(38)34-14-18-4-6-20(30)7-5-18)33-16-22(24)19-15-35-37(17-19)26(31)32/h4-7,12,15-17,21,26H,8-11,13-14H2,1-3H3,(H,34,38). The van der Waals surface area contributed by atoms with Gasteiger partial charge in [-0.2, -0.15) is 13.9 Å². The Morgan fingerprint density at radius 3 is 2.56 bits per heavy atom. The van der Waals surface area contributed by atoms with Crippen LogP contribution in [0.3, 0.4) is 0 Å². The largest absolute Gasteiger partial charge is 0.489 e. The Labute approximate surface area is 241 Å². The second-order valence-corrected chi connectivity index (χ2v) is 11.9. The third-order valence-corrected chi connectivity index (χ3v) is 7.42. The fourth-order valence-corrected chi connectivity index (χ4v) is 5.11. The van der Waals surface area contributed by atoms with E-state index < -0.39 is 18.1 Å². The van der Waals surface area contributed by atoms with Crippen LogP contribution in [-0.2, 0) is 11.3 Å². The molecule has 3 heterocycles. The van der Waals surface area contributed by atoms with Crippen molar-refractivity contribution in [3.63, 3.8) is 0 Å². The molecule has 9 nitrogen and oxygen atoms in total. The van der Waals surface area contributed by atoms with Gasteiger partial charge in [0, 0.05) is 66.1 Å². The van der Waals surface area contributed by atoms with Crippen molar-refractivity contribution in [2.45, 2.75) is 76.8 Å². The number of nitrogens with one attached hydrogen (secondary N) is 1. The summed E-state index contributed by atoms with van der Waals surface area (Å²) < 4.78 is 39.1. The fourth-order valence-electron chi connectivity index (χ4n) is 4.98. The molecular weight excluding hydrogens is 556 g/mol. The number of pyridine rings is 1. The Bertz CT molecular complexity index is 1420. The van der Waals surface area contributed by atoms with E-state index in [1.165, 1.54) is 24.7 Å². The second-order valence-electron chi connectivity index (χ2n) is 11.5. The van der Waals surface area contributed by atoms with E-state index in [2.05, 4.69) is 15.4 Å². The zero-order chi connectivity index (χ0) is 29.4. The first-order chi connectivity index (χ1) is 19.4. The van der Waals surface area contributed by atoms with Crippen molar-refractivity contribution in [2.75, 3.05) is 6.54 Å². The molecule has 218 valence electrons. The fraction of sp³-hybridized carbons (Fsp3) is 0.448. The Morgan fingerprint density at radius 1 is 1.20 bits per heavy atom. The number of hydrogen-bond acceptors (Lipinski definition) is 6. The summed E-state index contributed by atoms with van der Waals surface area (Å²) in [5.41, 5.74) is 0.865. The Hall–Kier alpha value is -3.73. The number of alkyl halides is 2. The Morgan fingerprint density at radius 2 is 1.93 bits per heavy atom. The monoisotopic (exact) mass is 587 g/mol. The predicted octanol–water partition coefficient (Wildman–Crippen LogP) is 6.23. The number of nitrogens with zero attached hydrogens (tertiary/aromatic N) is 4. The normalized spacial score (nSPS) is 17.9. The lowest BCUT2D eigenvalue weighted by atomic mass is 9.97. The van der Waals surface area contributed by atoms with Gasteiger partial charge < -0.3 is 19.7 Å². The number of rotatable bonds is 7. The molecule has 1 aromatic carbocycles. The van der Waals surface area contributed by atoms with Crippen LogP contribution in [0.15, 0.2) is 48.9 Å². The van der Waals surface area contributed by atoms with Crippen molar-refractivity contribution in [1.29, 1.82) is 0 Å². The average Bonchev–Trinajstić information content (AvgIpc) is 3.47. The van der Waals surface area contributed by atoms with E-state index >= 15 is 0 Å². The number of carbonyl (C=O) groups is 2. The summed E-state index contributed by atoms with van der Waals surface area (Å²) >= 11 is 5.94. The molecule has 1 N–H and O–H groups in total. The van der Waals surface area contributed by atoms with E-state index in [9.17, 15) is 18.4 Å². The van der Waals surface area contributed by atoms with Crippen LogP contribution in [-0.4, -0.2) is 55.5 Å². The van der Waals surface area contributed by atoms with E-state index in [0.29, 0.717) is 46.0 Å². The number of likely N-dealkylation sites (tertiary alicyclic amines) is 1. The van der Waals surface area contributed by atoms with Crippen LogP contribution in [0.25, 0.3) is 11.1 Å². The van der Waals surface area contributed by atoms with E-state index in [4.69, 9.17) is 21.1 Å². The molecule has 1 spiro atoms. The van der Waals surface area contributed by atoms with Crippen LogP contribution in [0, 0.1) is 0 Å². The first-order valence-corrected chi connectivity index (χ1v) is 13.8. The van der Waals surface area contributed by atoms with Gasteiger partial charge in [0.2, 0.25) is 0 Å². The van der Waals surface area contributed by atoms with Gasteiger partial charge in [-0.25, -0.2) is 9.48 Å². The number of amides is 2. The SMILES string of the molecule is CC(C)(C)OC(=O)N1CCC(Oc2cc(C(=O)NCc3ccc(Cl)cc3)ncc2-c2cnn(C(F)F)c2)CC12CC2. The molecule has 1 saturated heterocycles. The lowest BCUT2D eigenvalue weighted by Gasteiger charge is -2.40. The van der Waals surface area contributed by atoms with E-state index in [-0.39, 0.29) is 30.0 Å². The van der Waals surface area contributed by atoms with Crippen molar-refractivity contribution in [2.24, 2.45) is 0 Å². The van der Waals surface area contributed by atoms with Crippen molar-refractivity contribution < 1.29 is 27.8 Å². The van der Waals surface area contributed by atoms with Gasteiger partial charge in [0.1, 0.15) is 23.1 Å². The Kier molecular flexibility index (Phi) is 7.91. The number of carbonyl (C=O) groups excluding carboxylic acids is 2. The maximum absolute atomic E-state index is 13.2. The quantitative estimate of drug-likeness (QED) is 0.352. The smallest absolute Gasteiger partial charge is 0.410 e. The molecule has 41 heavy (non-hydrogen) atoms. The van der Waals surface area contributed by atoms with Crippen LogP contribution in [0.1, 0.15) is 69.1 Å². The topological polar surface area (TPSA) is 98.6 Å². The van der Waals surface area contributed by atoms with Crippen LogP contribution in [0.4, 0.5) is 13.6 Å². The summed E-state index contributed by atoms with van der Waals surface area (Å²) in [6, 6.07) is 8.62. The second kappa shape index (κ2) is 11.3. The minimum Gasteiger partial charge on any atom is -0.489 e. The average molecular weight is 588 g/mol. The molecule has 1 aliphatic carbocycles. The summed E-state index contributed by atoms with van der Waals surface area (Å²) in [7, 11) is 0. The third kappa shape index (κ3) is 6.78. The molecule has 3 aromatic rings. The highest BCUT2D eigenvalue weighted by molar-refractivity contribution is 6.30. The maximum Gasteiger partial charge on any atom is 0.410 e. The zero-order valence-electron chi connectivity index (χ0n) is 23.1. The van der Waals surface area contributed by atoms with Crippen LogP contribution in [0.5, 0.6) is 5.75 Å². The summed E-state index contributed by atoms with van der Waals surface area (Å²) in [5, 5.41) is 7.16. The Balaban J connectivity index is 1.36. The van der Waals surface area contributed by atoms with Gasteiger partial charge in [-0.1, -0.05) is 23.7 Å². The minimum absolute atomic E-state index is 0.117. The molecule has 2 fully saturated rings. The molecule has 1 atom stereocenters. The number of piperidine rings is 1. The third-order valence-electron chi connectivity index (χ3n) is 7.17. The number of aromatic nitrogens is 3. The highest BCUT2D eigenvalue weighted by Crippen LogP contribution is 2.50. The molecule has 0 bridgehead atoms. The molecule has 5 rings (SSSR count). The van der Waals surface area contributed by atoms with Gasteiger partial charge in [0.25, 0.3) is 5.91 Å². The zero-order valence-corrected chi connectivity index (χ0v) is 23.8. The summed E-state index contributed by atoms with van der Waals surface area (Å²) in [6.45, 7) is 3.44. The summed E-state index contributed by atoms with van der Waals surface area (Å²) in [5.74, 6) is -0.0880. The van der Waals surface area contributed by atoms with Crippen molar-refractivity contribution >= 4 is 23.6 Å². The molecule has 2 aliphatic rings. The van der Waals surface area contributed by atoms with E-state index in [1.807, 2.05) is 32.9 Å². The van der Waals surface area contributed by atoms with Crippen LogP contribution >= 0.6 is 11.6 Å². The van der Waals surface area contributed by atoms with E-state index in [0.717, 1.165) is 18.4 Å². The molecule has 0 radical (unpaired) electrons. The van der Waals surface area contributed by atoms with Crippen LogP contribution in [0.2, 0.25) is 5.02 Å². The maximum atomic E-state index is 13.2. The van der Waals surface area contributed by atoms with Gasteiger partial charge in [0.05, 0.1) is 6.20 Å².